The number of benzene rings is 1. The van der Waals surface area contributed by atoms with E-state index in [2.05, 4.69) is 16.8 Å². The zero-order chi connectivity index (χ0) is 28.6. The van der Waals surface area contributed by atoms with E-state index in [1.165, 1.54) is 16.2 Å². The predicted octanol–water partition coefficient (Wildman–Crippen LogP) is 5.76. The quantitative estimate of drug-likeness (QED) is 0.235. The summed E-state index contributed by atoms with van der Waals surface area (Å²) in [5, 5.41) is 18.7. The van der Waals surface area contributed by atoms with Crippen molar-refractivity contribution in [1.29, 1.82) is 10.8 Å². The number of rotatable bonds is 3. The molecule has 1 fully saturated rings. The van der Waals surface area contributed by atoms with Crippen molar-refractivity contribution in [3.63, 3.8) is 0 Å². The highest BCUT2D eigenvalue weighted by molar-refractivity contribution is 7.17. The second-order valence-corrected chi connectivity index (χ2v) is 11.1. The lowest BCUT2D eigenvalue weighted by molar-refractivity contribution is -0.131. The fourth-order valence-electron chi connectivity index (χ4n) is 4.70. The van der Waals surface area contributed by atoms with Gasteiger partial charge in [0.25, 0.3) is 5.92 Å². The van der Waals surface area contributed by atoms with Gasteiger partial charge in [-0.2, -0.15) is 0 Å². The molecule has 0 saturated carbocycles. The van der Waals surface area contributed by atoms with Gasteiger partial charge in [0, 0.05) is 35.3 Å². The zero-order valence-electron chi connectivity index (χ0n) is 21.8. The summed E-state index contributed by atoms with van der Waals surface area (Å²) in [6, 6.07) is 11.5. The minimum atomic E-state index is -2.92. The van der Waals surface area contributed by atoms with Gasteiger partial charge >= 0.3 is 0 Å². The van der Waals surface area contributed by atoms with Gasteiger partial charge in [-0.1, -0.05) is 29.8 Å². The van der Waals surface area contributed by atoms with Gasteiger partial charge in [0.15, 0.2) is 0 Å². The first kappa shape index (κ1) is 27.6. The van der Waals surface area contributed by atoms with Crippen molar-refractivity contribution in [3.05, 3.63) is 80.9 Å². The molecule has 2 aliphatic heterocycles. The monoisotopic (exact) mass is 578 g/mol. The maximum absolute atomic E-state index is 13.8. The van der Waals surface area contributed by atoms with Gasteiger partial charge in [-0.3, -0.25) is 25.5 Å². The Morgan fingerprint density at radius 3 is 2.60 bits per heavy atom. The Morgan fingerprint density at radius 1 is 1.23 bits per heavy atom. The molecule has 0 unspecified atom stereocenters. The summed E-state index contributed by atoms with van der Waals surface area (Å²) in [6.07, 6.45) is 1.01. The molecule has 0 spiro atoms. The van der Waals surface area contributed by atoms with Gasteiger partial charge in [0.2, 0.25) is 5.91 Å². The predicted molar refractivity (Wildman–Crippen MR) is 155 cm³/mol. The number of alkyl halides is 2. The molecule has 2 N–H and O–H groups in total. The van der Waals surface area contributed by atoms with Crippen LogP contribution in [-0.4, -0.2) is 58.2 Å². The largest absolute Gasteiger partial charge is 0.336 e. The third kappa shape index (κ3) is 5.53. The Labute approximate surface area is 239 Å². The number of nitrogens with zero attached hydrogens (tertiary/aromatic N) is 4. The first-order valence-electron chi connectivity index (χ1n) is 12.5. The van der Waals surface area contributed by atoms with Crippen LogP contribution in [-0.2, 0) is 4.79 Å². The van der Waals surface area contributed by atoms with Crippen molar-refractivity contribution in [2.75, 3.05) is 18.0 Å². The van der Waals surface area contributed by atoms with Gasteiger partial charge in [-0.25, -0.2) is 13.8 Å². The third-order valence-corrected chi connectivity index (χ3v) is 8.17. The Kier molecular flexibility index (Phi) is 7.53. The van der Waals surface area contributed by atoms with Crippen LogP contribution in [0.3, 0.4) is 0 Å². The van der Waals surface area contributed by atoms with Crippen LogP contribution in [0.15, 0.2) is 53.7 Å². The Bertz CT molecular complexity index is 1590. The number of carbonyl (C=O) groups is 1. The van der Waals surface area contributed by atoms with E-state index in [9.17, 15) is 13.6 Å². The molecule has 5 rings (SSSR count). The molecule has 2 aromatic heterocycles. The lowest BCUT2D eigenvalue weighted by Gasteiger charge is -2.25. The van der Waals surface area contributed by atoms with Gasteiger partial charge in [-0.15, -0.1) is 11.3 Å². The smallest absolute Gasteiger partial charge is 0.267 e. The standard InChI is InChI=1S/C29H25ClF2N6OS/c1-17-23(11-10-21-5-3-4-13-35-21)40-28-25(17)26(19-6-8-20(30)9-7-19)36-22(27(34)38(28)18(2)33)15-24(39)37-14-12-29(31,32)16-37/h3-9,13,22,33-34H,12,14-16H2,1-2H3/t22-/m0/s1. The molecule has 7 nitrogen and oxygen atoms in total. The molecule has 11 heteroatoms. The normalized spacial score (nSPS) is 18.0. The maximum Gasteiger partial charge on any atom is 0.267 e. The molecule has 40 heavy (non-hydrogen) atoms. The van der Waals surface area contributed by atoms with Crippen LogP contribution in [0, 0.1) is 29.6 Å². The third-order valence-electron chi connectivity index (χ3n) is 6.72. The Balaban J connectivity index is 1.63. The number of hydrogen-bond donors (Lipinski definition) is 2. The summed E-state index contributed by atoms with van der Waals surface area (Å²) in [7, 11) is 0. The Hall–Kier alpha value is -3.94. The molecule has 0 bridgehead atoms. The maximum atomic E-state index is 13.8. The number of pyridine rings is 1. The highest BCUT2D eigenvalue weighted by atomic mass is 35.5. The van der Waals surface area contributed by atoms with Crippen molar-refractivity contribution in [3.8, 4) is 11.8 Å². The van der Waals surface area contributed by atoms with E-state index in [0.717, 1.165) is 15.3 Å². The summed E-state index contributed by atoms with van der Waals surface area (Å²) in [5.41, 5.74) is 3.33. The minimum absolute atomic E-state index is 0.0439. The summed E-state index contributed by atoms with van der Waals surface area (Å²) in [5.74, 6) is 2.81. The van der Waals surface area contributed by atoms with Crippen LogP contribution in [0.5, 0.6) is 0 Å². The lowest BCUT2D eigenvalue weighted by Crippen LogP contribution is -2.42. The number of amides is 1. The highest BCUT2D eigenvalue weighted by Crippen LogP contribution is 2.40. The number of amidine groups is 2. The molecule has 1 atom stereocenters. The molecule has 1 aromatic carbocycles. The van der Waals surface area contributed by atoms with Gasteiger partial charge in [0.1, 0.15) is 28.4 Å². The summed E-state index contributed by atoms with van der Waals surface area (Å²) < 4.78 is 27.7. The van der Waals surface area contributed by atoms with Crippen LogP contribution in [0.4, 0.5) is 13.8 Å². The fraction of sp³-hybridized carbons (Fsp3) is 0.276. The number of thiophene rings is 1. The van der Waals surface area contributed by atoms with Crippen molar-refractivity contribution < 1.29 is 13.6 Å². The molecule has 0 aliphatic carbocycles. The number of nitrogens with one attached hydrogen (secondary N) is 2. The number of carbonyl (C=O) groups excluding carboxylic acids is 1. The van der Waals surface area contributed by atoms with Crippen LogP contribution < -0.4 is 4.90 Å². The first-order valence-corrected chi connectivity index (χ1v) is 13.7. The molecule has 3 aromatic rings. The SMILES string of the molecule is CC(=N)N1C(=N)[C@H](CC(=O)N2CCC(F)(F)C2)N=C(c2ccc(Cl)cc2)c2c1sc(C#Cc1ccccn1)c2C. The van der Waals surface area contributed by atoms with E-state index in [1.54, 1.807) is 37.4 Å². The Morgan fingerprint density at radius 2 is 1.98 bits per heavy atom. The number of halogens is 3. The lowest BCUT2D eigenvalue weighted by atomic mass is 9.99. The molecule has 1 saturated heterocycles. The fourth-order valence-corrected chi connectivity index (χ4v) is 6.05. The average molecular weight is 579 g/mol. The molecule has 2 aliphatic rings. The highest BCUT2D eigenvalue weighted by Gasteiger charge is 2.42. The van der Waals surface area contributed by atoms with Crippen LogP contribution >= 0.6 is 22.9 Å². The molecule has 4 heterocycles. The van der Waals surface area contributed by atoms with Crippen molar-refractivity contribution in [2.45, 2.75) is 38.7 Å². The number of likely N-dealkylation sites (tertiary alicyclic amines) is 1. The van der Waals surface area contributed by atoms with Crippen LogP contribution in [0.25, 0.3) is 0 Å². The number of fused-ring (bicyclic) bond motifs is 1. The second-order valence-electron chi connectivity index (χ2n) is 9.63. The molecule has 0 radical (unpaired) electrons. The van der Waals surface area contributed by atoms with E-state index in [0.29, 0.717) is 32.6 Å². The van der Waals surface area contributed by atoms with Gasteiger partial charge < -0.3 is 4.90 Å². The van der Waals surface area contributed by atoms with E-state index < -0.39 is 24.4 Å². The molecule has 204 valence electrons. The topological polar surface area (TPSA) is 96.5 Å². The first-order chi connectivity index (χ1) is 19.0. The van der Waals surface area contributed by atoms with Crippen molar-refractivity contribution in [2.24, 2.45) is 4.99 Å². The van der Waals surface area contributed by atoms with E-state index in [1.807, 2.05) is 25.1 Å². The average Bonchev–Trinajstić information content (AvgIpc) is 3.41. The van der Waals surface area contributed by atoms with E-state index >= 15 is 0 Å². The number of anilines is 1. The summed E-state index contributed by atoms with van der Waals surface area (Å²) >= 11 is 7.48. The van der Waals surface area contributed by atoms with Crippen molar-refractivity contribution >= 4 is 51.2 Å². The van der Waals surface area contributed by atoms with Gasteiger partial charge in [0.05, 0.1) is 23.6 Å². The summed E-state index contributed by atoms with van der Waals surface area (Å²) in [6.45, 7) is 2.78. The summed E-state index contributed by atoms with van der Waals surface area (Å²) in [4.78, 5) is 25.6. The number of hydrogen-bond acceptors (Lipinski definition) is 6. The molecular formula is C29H25ClF2N6OS. The van der Waals surface area contributed by atoms with E-state index in [-0.39, 0.29) is 31.1 Å². The molecule has 1 amide bonds. The van der Waals surface area contributed by atoms with Crippen LogP contribution in [0.1, 0.15) is 47.0 Å². The van der Waals surface area contributed by atoms with Gasteiger partial charge in [-0.05, 0) is 55.5 Å². The minimum Gasteiger partial charge on any atom is -0.336 e. The zero-order valence-corrected chi connectivity index (χ0v) is 23.3. The second kappa shape index (κ2) is 10.9. The number of aliphatic imine (C=N–C) groups is 1. The van der Waals surface area contributed by atoms with Crippen molar-refractivity contribution in [1.82, 2.24) is 9.88 Å². The van der Waals surface area contributed by atoms with Crippen LogP contribution in [0.2, 0.25) is 5.02 Å². The van der Waals surface area contributed by atoms with E-state index in [4.69, 9.17) is 27.4 Å². The molecular weight excluding hydrogens is 554 g/mol. The number of aromatic nitrogens is 1.